The summed E-state index contributed by atoms with van der Waals surface area (Å²) in [7, 11) is 0. The molecule has 0 unspecified atom stereocenters. The van der Waals surface area contributed by atoms with Crippen LogP contribution >= 0.6 is 11.6 Å². The number of halogens is 1. The average Bonchev–Trinajstić information content (AvgIpc) is 2.63. The number of rotatable bonds is 8. The van der Waals surface area contributed by atoms with Crippen LogP contribution in [0.1, 0.15) is 24.2 Å². The number of anilines is 1. The van der Waals surface area contributed by atoms with Gasteiger partial charge in [0.1, 0.15) is 11.5 Å². The number of ether oxygens (including phenoxy) is 3. The molecule has 1 amide bonds. The first kappa shape index (κ1) is 19.6. The number of carbonyl (C=O) groups excluding carboxylic acids is 2. The van der Waals surface area contributed by atoms with Crippen molar-refractivity contribution in [2.75, 3.05) is 25.1 Å². The van der Waals surface area contributed by atoms with E-state index in [9.17, 15) is 9.59 Å². The predicted octanol–water partition coefficient (Wildman–Crippen LogP) is 3.93. The third-order valence-corrected chi connectivity index (χ3v) is 3.50. The quantitative estimate of drug-likeness (QED) is 0.705. The van der Waals surface area contributed by atoms with E-state index in [1.54, 1.807) is 43.3 Å². The highest BCUT2D eigenvalue weighted by atomic mass is 35.5. The van der Waals surface area contributed by atoms with E-state index in [4.69, 9.17) is 25.8 Å². The second kappa shape index (κ2) is 9.68. The summed E-state index contributed by atoms with van der Waals surface area (Å²) >= 11 is 5.80. The fraction of sp³-hybridized carbons (Fsp3) is 0.263. The number of nitrogens with one attached hydrogen (secondary N) is 1. The summed E-state index contributed by atoms with van der Waals surface area (Å²) in [4.78, 5) is 23.9. The van der Waals surface area contributed by atoms with Crippen molar-refractivity contribution in [3.63, 3.8) is 0 Å². The van der Waals surface area contributed by atoms with Gasteiger partial charge in [0.2, 0.25) is 0 Å². The molecule has 0 aliphatic carbocycles. The van der Waals surface area contributed by atoms with E-state index < -0.39 is 5.97 Å². The van der Waals surface area contributed by atoms with E-state index in [0.717, 1.165) is 0 Å². The number of hydrogen-bond acceptors (Lipinski definition) is 5. The molecular weight excluding hydrogens is 358 g/mol. The Labute approximate surface area is 157 Å². The molecular formula is C19H20ClNO5. The van der Waals surface area contributed by atoms with Crippen LogP contribution in [0.4, 0.5) is 5.69 Å². The molecule has 7 heteroatoms. The maximum absolute atomic E-state index is 12.1. The zero-order valence-corrected chi connectivity index (χ0v) is 15.3. The Morgan fingerprint density at radius 2 is 1.73 bits per heavy atom. The summed E-state index contributed by atoms with van der Waals surface area (Å²) in [6, 6.07) is 11.4. The van der Waals surface area contributed by atoms with Crippen molar-refractivity contribution < 1.29 is 23.8 Å². The first-order chi connectivity index (χ1) is 12.5. The van der Waals surface area contributed by atoms with E-state index in [2.05, 4.69) is 5.32 Å². The fourth-order valence-corrected chi connectivity index (χ4v) is 2.23. The number of hydrogen-bond donors (Lipinski definition) is 1. The SMILES string of the molecule is CCOC(=O)c1ccc(NC(=O)COc2ccc(Cl)cc2)c(OCC)c1. The van der Waals surface area contributed by atoms with Crippen molar-refractivity contribution in [3.8, 4) is 11.5 Å². The molecule has 2 rings (SSSR count). The highest BCUT2D eigenvalue weighted by molar-refractivity contribution is 6.30. The van der Waals surface area contributed by atoms with E-state index in [0.29, 0.717) is 34.4 Å². The van der Waals surface area contributed by atoms with E-state index in [1.807, 2.05) is 6.92 Å². The molecule has 1 N–H and O–H groups in total. The average molecular weight is 378 g/mol. The van der Waals surface area contributed by atoms with Crippen LogP contribution < -0.4 is 14.8 Å². The van der Waals surface area contributed by atoms with Gasteiger partial charge >= 0.3 is 5.97 Å². The van der Waals surface area contributed by atoms with Gasteiger partial charge in [-0.1, -0.05) is 11.6 Å². The Morgan fingerprint density at radius 1 is 1.00 bits per heavy atom. The predicted molar refractivity (Wildman–Crippen MR) is 99.1 cm³/mol. The summed E-state index contributed by atoms with van der Waals surface area (Å²) in [6.07, 6.45) is 0. The van der Waals surface area contributed by atoms with Gasteiger partial charge < -0.3 is 19.5 Å². The maximum Gasteiger partial charge on any atom is 0.338 e. The van der Waals surface area contributed by atoms with Gasteiger partial charge in [0, 0.05) is 5.02 Å². The summed E-state index contributed by atoms with van der Waals surface area (Å²) in [5, 5.41) is 3.30. The molecule has 0 aliphatic rings. The van der Waals surface area contributed by atoms with Crippen molar-refractivity contribution in [1.29, 1.82) is 0 Å². The molecule has 0 aromatic heterocycles. The van der Waals surface area contributed by atoms with Crippen molar-refractivity contribution in [2.45, 2.75) is 13.8 Å². The van der Waals surface area contributed by atoms with Crippen molar-refractivity contribution in [2.24, 2.45) is 0 Å². The molecule has 0 heterocycles. The van der Waals surface area contributed by atoms with E-state index >= 15 is 0 Å². The summed E-state index contributed by atoms with van der Waals surface area (Å²) in [5.74, 6) is 0.118. The van der Waals surface area contributed by atoms with Crippen LogP contribution in [0.3, 0.4) is 0 Å². The molecule has 0 saturated carbocycles. The Kier molecular flexibility index (Phi) is 7.29. The van der Waals surface area contributed by atoms with Gasteiger partial charge in [0.25, 0.3) is 5.91 Å². The van der Waals surface area contributed by atoms with Gasteiger partial charge in [-0.2, -0.15) is 0 Å². The lowest BCUT2D eigenvalue weighted by molar-refractivity contribution is -0.118. The number of benzene rings is 2. The lowest BCUT2D eigenvalue weighted by Crippen LogP contribution is -2.20. The maximum atomic E-state index is 12.1. The number of esters is 1. The molecule has 0 saturated heterocycles. The molecule has 0 bridgehead atoms. The topological polar surface area (TPSA) is 73.9 Å². The zero-order chi connectivity index (χ0) is 18.9. The van der Waals surface area contributed by atoms with Gasteiger partial charge in [0.05, 0.1) is 24.5 Å². The molecule has 0 radical (unpaired) electrons. The summed E-state index contributed by atoms with van der Waals surface area (Å²) in [5.41, 5.74) is 0.801. The molecule has 0 aliphatic heterocycles. The van der Waals surface area contributed by atoms with Crippen LogP contribution in [0.25, 0.3) is 0 Å². The molecule has 138 valence electrons. The van der Waals surface area contributed by atoms with Gasteiger partial charge in [-0.15, -0.1) is 0 Å². The molecule has 26 heavy (non-hydrogen) atoms. The van der Waals surface area contributed by atoms with Crippen LogP contribution in [-0.4, -0.2) is 31.7 Å². The second-order valence-electron chi connectivity index (χ2n) is 5.16. The number of amides is 1. The highest BCUT2D eigenvalue weighted by Gasteiger charge is 2.13. The minimum atomic E-state index is -0.447. The van der Waals surface area contributed by atoms with Gasteiger partial charge in [-0.3, -0.25) is 4.79 Å². The lowest BCUT2D eigenvalue weighted by atomic mass is 10.2. The fourth-order valence-electron chi connectivity index (χ4n) is 2.11. The summed E-state index contributed by atoms with van der Waals surface area (Å²) < 4.78 is 15.9. The van der Waals surface area contributed by atoms with Gasteiger partial charge in [0.15, 0.2) is 6.61 Å². The van der Waals surface area contributed by atoms with Crippen molar-refractivity contribution in [1.82, 2.24) is 0 Å². The summed E-state index contributed by atoms with van der Waals surface area (Å²) in [6.45, 7) is 4.04. The van der Waals surface area contributed by atoms with Crippen LogP contribution in [0, 0.1) is 0 Å². The van der Waals surface area contributed by atoms with E-state index in [-0.39, 0.29) is 19.1 Å². The van der Waals surface area contributed by atoms with Crippen LogP contribution in [0.5, 0.6) is 11.5 Å². The first-order valence-corrected chi connectivity index (χ1v) is 8.53. The number of carbonyl (C=O) groups is 2. The molecule has 2 aromatic carbocycles. The van der Waals surface area contributed by atoms with Crippen LogP contribution in [0.2, 0.25) is 5.02 Å². The normalized spacial score (nSPS) is 10.1. The largest absolute Gasteiger partial charge is 0.492 e. The van der Waals surface area contributed by atoms with E-state index in [1.165, 1.54) is 6.07 Å². The minimum Gasteiger partial charge on any atom is -0.492 e. The molecule has 0 atom stereocenters. The van der Waals surface area contributed by atoms with Gasteiger partial charge in [-0.25, -0.2) is 4.79 Å². The van der Waals surface area contributed by atoms with Gasteiger partial charge in [-0.05, 0) is 56.3 Å². The highest BCUT2D eigenvalue weighted by Crippen LogP contribution is 2.26. The van der Waals surface area contributed by atoms with Crippen molar-refractivity contribution >= 4 is 29.2 Å². The third kappa shape index (κ3) is 5.67. The molecule has 2 aromatic rings. The molecule has 6 nitrogen and oxygen atoms in total. The third-order valence-electron chi connectivity index (χ3n) is 3.25. The zero-order valence-electron chi connectivity index (χ0n) is 14.6. The molecule has 0 spiro atoms. The smallest absolute Gasteiger partial charge is 0.338 e. The minimum absolute atomic E-state index is 0.174. The Hall–Kier alpha value is -2.73. The standard InChI is InChI=1S/C19H20ClNO5/c1-3-24-17-11-13(19(23)25-4-2)5-10-16(17)21-18(22)12-26-15-8-6-14(20)7-9-15/h5-11H,3-4,12H2,1-2H3,(H,21,22). The van der Waals surface area contributed by atoms with Crippen LogP contribution in [0.15, 0.2) is 42.5 Å². The monoisotopic (exact) mass is 377 g/mol. The Balaban J connectivity index is 2.03. The second-order valence-corrected chi connectivity index (χ2v) is 5.59. The van der Waals surface area contributed by atoms with Crippen LogP contribution in [-0.2, 0) is 9.53 Å². The first-order valence-electron chi connectivity index (χ1n) is 8.15. The Morgan fingerprint density at radius 3 is 2.38 bits per heavy atom. The molecule has 0 fully saturated rings. The van der Waals surface area contributed by atoms with Crippen molar-refractivity contribution in [3.05, 3.63) is 53.1 Å². The Bertz CT molecular complexity index is 761. The lowest BCUT2D eigenvalue weighted by Gasteiger charge is -2.13.